The highest BCUT2D eigenvalue weighted by molar-refractivity contribution is 7.13. The maximum absolute atomic E-state index is 12.9. The van der Waals surface area contributed by atoms with Crippen molar-refractivity contribution in [2.45, 2.75) is 33.9 Å². The summed E-state index contributed by atoms with van der Waals surface area (Å²) in [6, 6.07) is 10.8. The Hall–Kier alpha value is -3.26. The van der Waals surface area contributed by atoms with E-state index in [9.17, 15) is 9.59 Å². The number of carbonyl (C=O) groups is 1. The Morgan fingerprint density at radius 2 is 1.97 bits per heavy atom. The third-order valence-electron chi connectivity index (χ3n) is 4.56. The van der Waals surface area contributed by atoms with Gasteiger partial charge in [-0.25, -0.2) is 14.5 Å². The topological polar surface area (TPSA) is 87.2 Å². The van der Waals surface area contributed by atoms with Crippen molar-refractivity contribution >= 4 is 28.1 Å². The zero-order chi connectivity index (χ0) is 21.3. The lowest BCUT2D eigenvalue weighted by molar-refractivity contribution is 0.0459. The van der Waals surface area contributed by atoms with Gasteiger partial charge in [0, 0.05) is 11.9 Å². The highest BCUT2D eigenvalue weighted by Gasteiger charge is 2.20. The minimum atomic E-state index is -0.608. The number of esters is 1. The first-order valence-corrected chi connectivity index (χ1v) is 10.5. The Morgan fingerprint density at radius 3 is 2.67 bits per heavy atom. The van der Waals surface area contributed by atoms with Crippen LogP contribution in [0.5, 0.6) is 0 Å². The van der Waals surface area contributed by atoms with Gasteiger partial charge in [0.1, 0.15) is 18.1 Å². The summed E-state index contributed by atoms with van der Waals surface area (Å²) >= 11 is 1.52. The van der Waals surface area contributed by atoms with E-state index >= 15 is 0 Å². The van der Waals surface area contributed by atoms with Crippen LogP contribution in [0.2, 0.25) is 0 Å². The van der Waals surface area contributed by atoms with Crippen LogP contribution in [0.25, 0.3) is 21.5 Å². The molecule has 0 fully saturated rings. The predicted octanol–water partition coefficient (Wildman–Crippen LogP) is 4.43. The number of thiophene rings is 1. The number of aromatic nitrogens is 3. The molecule has 7 nitrogen and oxygen atoms in total. The quantitative estimate of drug-likeness (QED) is 0.426. The Balaban J connectivity index is 1.62. The molecule has 0 aliphatic rings. The van der Waals surface area contributed by atoms with Crippen LogP contribution in [0.3, 0.4) is 0 Å². The van der Waals surface area contributed by atoms with Crippen molar-refractivity contribution < 1.29 is 13.9 Å². The third-order valence-corrected chi connectivity index (χ3v) is 5.42. The van der Waals surface area contributed by atoms with E-state index in [1.165, 1.54) is 16.0 Å². The molecule has 4 aromatic rings. The molecule has 0 spiro atoms. The van der Waals surface area contributed by atoms with Crippen LogP contribution in [-0.2, 0) is 17.9 Å². The molecule has 0 radical (unpaired) electrons. The van der Waals surface area contributed by atoms with Crippen LogP contribution in [0.4, 0.5) is 0 Å². The summed E-state index contributed by atoms with van der Waals surface area (Å²) < 4.78 is 12.5. The van der Waals surface area contributed by atoms with E-state index in [4.69, 9.17) is 9.15 Å². The van der Waals surface area contributed by atoms with E-state index in [0.717, 1.165) is 4.88 Å². The smallest absolute Gasteiger partial charge is 0.359 e. The van der Waals surface area contributed by atoms with E-state index in [2.05, 4.69) is 10.1 Å². The number of hydrogen-bond acceptors (Lipinski definition) is 7. The molecule has 0 saturated heterocycles. The van der Waals surface area contributed by atoms with E-state index < -0.39 is 5.97 Å². The molecule has 1 aromatic carbocycles. The van der Waals surface area contributed by atoms with Crippen molar-refractivity contribution in [2.75, 3.05) is 0 Å². The zero-order valence-corrected chi connectivity index (χ0v) is 17.7. The number of rotatable bonds is 6. The van der Waals surface area contributed by atoms with Gasteiger partial charge in [0.25, 0.3) is 5.56 Å². The van der Waals surface area contributed by atoms with Crippen molar-refractivity contribution in [3.05, 3.63) is 69.3 Å². The number of fused-ring (bicyclic) bond motifs is 1. The van der Waals surface area contributed by atoms with Crippen molar-refractivity contribution in [3.63, 3.8) is 0 Å². The van der Waals surface area contributed by atoms with E-state index in [1.807, 2.05) is 31.4 Å². The van der Waals surface area contributed by atoms with E-state index in [0.29, 0.717) is 34.7 Å². The Kier molecular flexibility index (Phi) is 5.50. The van der Waals surface area contributed by atoms with Gasteiger partial charge in [-0.1, -0.05) is 38.1 Å². The van der Waals surface area contributed by atoms with Gasteiger partial charge in [0.2, 0.25) is 5.89 Å². The molecule has 0 atom stereocenters. The van der Waals surface area contributed by atoms with Gasteiger partial charge in [-0.3, -0.25) is 4.79 Å². The van der Waals surface area contributed by atoms with Crippen LogP contribution in [0.15, 0.2) is 51.0 Å². The average Bonchev–Trinajstić information content (AvgIpc) is 3.38. The first-order valence-electron chi connectivity index (χ1n) is 9.61. The molecule has 8 heteroatoms. The lowest BCUT2D eigenvalue weighted by Gasteiger charge is -2.12. The van der Waals surface area contributed by atoms with Gasteiger partial charge in [0.05, 0.1) is 10.3 Å². The summed E-state index contributed by atoms with van der Waals surface area (Å²) in [5, 5.41) is 7.17. The lowest BCUT2D eigenvalue weighted by atomic mass is 10.1. The minimum absolute atomic E-state index is 0.0428. The van der Waals surface area contributed by atoms with E-state index in [1.54, 1.807) is 31.2 Å². The Bertz CT molecular complexity index is 1260. The first kappa shape index (κ1) is 20.0. The number of ether oxygens (including phenoxy) is 1. The number of oxazole rings is 1. The number of carbonyl (C=O) groups excluding carboxylic acids is 1. The van der Waals surface area contributed by atoms with Gasteiger partial charge in [-0.2, -0.15) is 5.10 Å². The van der Waals surface area contributed by atoms with Crippen LogP contribution < -0.4 is 5.56 Å². The van der Waals surface area contributed by atoms with Crippen LogP contribution in [0.1, 0.15) is 35.8 Å². The van der Waals surface area contributed by atoms with Gasteiger partial charge < -0.3 is 9.15 Å². The number of aryl methyl sites for hydroxylation is 1. The molecule has 0 aliphatic carbocycles. The maximum atomic E-state index is 12.9. The lowest BCUT2D eigenvalue weighted by Crippen LogP contribution is -2.28. The molecule has 0 N–H and O–H groups in total. The fourth-order valence-electron chi connectivity index (χ4n) is 3.13. The summed E-state index contributed by atoms with van der Waals surface area (Å²) in [5.74, 6) is 0.689. The molecule has 4 rings (SSSR count). The largest absolute Gasteiger partial charge is 0.454 e. The molecule has 154 valence electrons. The second kappa shape index (κ2) is 8.23. The van der Waals surface area contributed by atoms with Crippen LogP contribution >= 0.6 is 11.3 Å². The number of benzene rings is 1. The Morgan fingerprint density at radius 1 is 1.20 bits per heavy atom. The summed E-state index contributed by atoms with van der Waals surface area (Å²) in [4.78, 5) is 30.9. The Labute approximate surface area is 176 Å². The van der Waals surface area contributed by atoms with Gasteiger partial charge >= 0.3 is 5.97 Å². The first-order chi connectivity index (χ1) is 14.4. The summed E-state index contributed by atoms with van der Waals surface area (Å²) in [6.07, 6.45) is 0. The predicted molar refractivity (Wildman–Crippen MR) is 115 cm³/mol. The molecule has 0 aliphatic heterocycles. The molecule has 0 unspecified atom stereocenters. The SMILES string of the molecule is Cc1oc(-c2cccs2)nc1COC(=O)c1nn(CC(C)C)c(=O)c2ccccc12. The summed E-state index contributed by atoms with van der Waals surface area (Å²) in [5.41, 5.74) is 0.445. The minimum Gasteiger partial charge on any atom is -0.454 e. The normalized spacial score (nSPS) is 11.3. The highest BCUT2D eigenvalue weighted by Crippen LogP contribution is 2.26. The summed E-state index contributed by atoms with van der Waals surface area (Å²) in [6.45, 7) is 6.12. The molecule has 0 amide bonds. The van der Waals surface area contributed by atoms with E-state index in [-0.39, 0.29) is 23.8 Å². The highest BCUT2D eigenvalue weighted by atomic mass is 32.1. The summed E-state index contributed by atoms with van der Waals surface area (Å²) in [7, 11) is 0. The molecule has 30 heavy (non-hydrogen) atoms. The van der Waals surface area contributed by atoms with Crippen molar-refractivity contribution in [1.29, 1.82) is 0 Å². The number of hydrogen-bond donors (Lipinski definition) is 0. The molecule has 3 aromatic heterocycles. The van der Waals surface area contributed by atoms with Gasteiger partial charge in [-0.15, -0.1) is 11.3 Å². The maximum Gasteiger partial charge on any atom is 0.359 e. The van der Waals surface area contributed by atoms with Crippen molar-refractivity contribution in [3.8, 4) is 10.8 Å². The monoisotopic (exact) mass is 423 g/mol. The molecule has 3 heterocycles. The standard InChI is InChI=1S/C22H21N3O4S/c1-13(2)11-25-21(26)16-8-5-4-7-15(16)19(24-25)22(27)28-12-17-14(3)29-20(23-17)18-9-6-10-30-18/h4-10,13H,11-12H2,1-3H3. The van der Waals surface area contributed by atoms with Gasteiger partial charge in [-0.05, 0) is 30.4 Å². The van der Waals surface area contributed by atoms with Crippen LogP contribution in [0, 0.1) is 12.8 Å². The van der Waals surface area contributed by atoms with Gasteiger partial charge in [0.15, 0.2) is 5.69 Å². The van der Waals surface area contributed by atoms with Crippen molar-refractivity contribution in [1.82, 2.24) is 14.8 Å². The third kappa shape index (κ3) is 3.91. The molecule has 0 bridgehead atoms. The van der Waals surface area contributed by atoms with Crippen LogP contribution in [-0.4, -0.2) is 20.7 Å². The zero-order valence-electron chi connectivity index (χ0n) is 16.9. The molecule has 0 saturated carbocycles. The molecular formula is C22H21N3O4S. The fraction of sp³-hybridized carbons (Fsp3) is 0.273. The second-order valence-corrected chi connectivity index (χ2v) is 8.30. The molecular weight excluding hydrogens is 402 g/mol. The van der Waals surface area contributed by atoms with Crippen molar-refractivity contribution in [2.24, 2.45) is 5.92 Å². The second-order valence-electron chi connectivity index (χ2n) is 7.35. The number of nitrogens with zero attached hydrogens (tertiary/aromatic N) is 3. The fourth-order valence-corrected chi connectivity index (χ4v) is 3.77. The average molecular weight is 423 g/mol.